The summed E-state index contributed by atoms with van der Waals surface area (Å²) in [4.78, 5) is 11.1. The number of anilines is 1. The number of rotatable bonds is 6. The molecule has 0 aliphatic heterocycles. The van der Waals surface area contributed by atoms with Crippen molar-refractivity contribution in [1.29, 1.82) is 5.26 Å². The molecule has 0 bridgehead atoms. The molecule has 4 heteroatoms. The number of hydrogen-bond donors (Lipinski definition) is 1. The summed E-state index contributed by atoms with van der Waals surface area (Å²) >= 11 is 0. The summed E-state index contributed by atoms with van der Waals surface area (Å²) in [6.45, 7) is 4.82. The van der Waals surface area contributed by atoms with Gasteiger partial charge in [-0.25, -0.2) is 0 Å². The Bertz CT molecular complexity index is 450. The van der Waals surface area contributed by atoms with Crippen LogP contribution in [-0.2, 0) is 9.53 Å². The smallest absolute Gasteiger partial charge is 0.305 e. The van der Waals surface area contributed by atoms with Gasteiger partial charge >= 0.3 is 5.97 Å². The van der Waals surface area contributed by atoms with Gasteiger partial charge in [0.05, 0.1) is 17.9 Å². The highest BCUT2D eigenvalue weighted by Gasteiger charge is 2.05. The van der Waals surface area contributed by atoms with E-state index in [-0.39, 0.29) is 5.97 Å². The molecule has 0 aliphatic rings. The van der Waals surface area contributed by atoms with E-state index in [1.54, 1.807) is 13.0 Å². The predicted molar refractivity (Wildman–Crippen MR) is 70.3 cm³/mol. The molecular formula is C14H18N2O2. The van der Waals surface area contributed by atoms with Gasteiger partial charge in [0.2, 0.25) is 0 Å². The quantitative estimate of drug-likeness (QED) is 0.619. The SMILES string of the molecule is CCOC(=O)CCCNc1c(C)cccc1C#N. The van der Waals surface area contributed by atoms with E-state index in [1.165, 1.54) is 0 Å². The van der Waals surface area contributed by atoms with Crippen molar-refractivity contribution < 1.29 is 9.53 Å². The summed E-state index contributed by atoms with van der Waals surface area (Å²) in [6.07, 6.45) is 1.09. The van der Waals surface area contributed by atoms with Gasteiger partial charge in [0.25, 0.3) is 0 Å². The average molecular weight is 246 g/mol. The molecule has 0 saturated carbocycles. The maximum absolute atomic E-state index is 11.1. The van der Waals surface area contributed by atoms with Crippen LogP contribution in [-0.4, -0.2) is 19.1 Å². The summed E-state index contributed by atoms with van der Waals surface area (Å²) in [5.74, 6) is -0.176. The van der Waals surface area contributed by atoms with Crippen molar-refractivity contribution in [2.75, 3.05) is 18.5 Å². The van der Waals surface area contributed by atoms with Crippen LogP contribution in [0.25, 0.3) is 0 Å². The zero-order valence-corrected chi connectivity index (χ0v) is 10.8. The van der Waals surface area contributed by atoms with Gasteiger partial charge in [0.1, 0.15) is 6.07 Å². The van der Waals surface area contributed by atoms with Gasteiger partial charge in [0.15, 0.2) is 0 Å². The van der Waals surface area contributed by atoms with Crippen molar-refractivity contribution in [1.82, 2.24) is 0 Å². The molecule has 0 saturated heterocycles. The molecule has 4 nitrogen and oxygen atoms in total. The van der Waals surface area contributed by atoms with Crippen LogP contribution in [0, 0.1) is 18.3 Å². The predicted octanol–water partition coefficient (Wildman–Crippen LogP) is 2.62. The van der Waals surface area contributed by atoms with Gasteiger partial charge in [-0.2, -0.15) is 5.26 Å². The number of ether oxygens (including phenoxy) is 1. The van der Waals surface area contributed by atoms with Crippen LogP contribution in [0.3, 0.4) is 0 Å². The van der Waals surface area contributed by atoms with Crippen LogP contribution < -0.4 is 5.32 Å². The average Bonchev–Trinajstić information content (AvgIpc) is 2.36. The number of nitrogens with one attached hydrogen (secondary N) is 1. The molecule has 1 aromatic carbocycles. The summed E-state index contributed by atoms with van der Waals surface area (Å²) < 4.78 is 4.84. The van der Waals surface area contributed by atoms with E-state index in [9.17, 15) is 4.79 Å². The lowest BCUT2D eigenvalue weighted by molar-refractivity contribution is -0.143. The maximum atomic E-state index is 11.1. The van der Waals surface area contributed by atoms with Crippen molar-refractivity contribution in [3.8, 4) is 6.07 Å². The molecule has 96 valence electrons. The number of benzene rings is 1. The maximum Gasteiger partial charge on any atom is 0.305 e. The monoisotopic (exact) mass is 246 g/mol. The Morgan fingerprint density at radius 1 is 1.50 bits per heavy atom. The number of aryl methyl sites for hydroxylation is 1. The van der Waals surface area contributed by atoms with E-state index in [4.69, 9.17) is 10.00 Å². The van der Waals surface area contributed by atoms with Crippen molar-refractivity contribution >= 4 is 11.7 Å². The largest absolute Gasteiger partial charge is 0.466 e. The Hall–Kier alpha value is -2.02. The van der Waals surface area contributed by atoms with Gasteiger partial charge in [-0.3, -0.25) is 4.79 Å². The lowest BCUT2D eigenvalue weighted by atomic mass is 10.1. The zero-order chi connectivity index (χ0) is 13.4. The minimum atomic E-state index is -0.176. The summed E-state index contributed by atoms with van der Waals surface area (Å²) in [6, 6.07) is 7.74. The van der Waals surface area contributed by atoms with E-state index < -0.39 is 0 Å². The number of esters is 1. The number of hydrogen-bond acceptors (Lipinski definition) is 4. The first-order chi connectivity index (χ1) is 8.69. The fourth-order valence-electron chi connectivity index (χ4n) is 1.67. The fourth-order valence-corrected chi connectivity index (χ4v) is 1.67. The standard InChI is InChI=1S/C14H18N2O2/c1-3-18-13(17)8-5-9-16-14-11(2)6-4-7-12(14)10-15/h4,6-7,16H,3,5,8-9H2,1-2H3. The third-order valence-electron chi connectivity index (χ3n) is 2.56. The third kappa shape index (κ3) is 4.10. The molecule has 0 radical (unpaired) electrons. The highest BCUT2D eigenvalue weighted by atomic mass is 16.5. The molecule has 0 amide bonds. The topological polar surface area (TPSA) is 62.1 Å². The van der Waals surface area contributed by atoms with Crippen LogP contribution >= 0.6 is 0 Å². The second-order valence-corrected chi connectivity index (χ2v) is 3.94. The molecule has 0 atom stereocenters. The second kappa shape index (κ2) is 7.33. The third-order valence-corrected chi connectivity index (χ3v) is 2.56. The Morgan fingerprint density at radius 3 is 2.94 bits per heavy atom. The minimum absolute atomic E-state index is 0.176. The molecule has 1 N–H and O–H groups in total. The van der Waals surface area contributed by atoms with E-state index in [0.29, 0.717) is 31.6 Å². The van der Waals surface area contributed by atoms with E-state index in [1.807, 2.05) is 19.1 Å². The first-order valence-corrected chi connectivity index (χ1v) is 6.08. The van der Waals surface area contributed by atoms with Crippen LogP contribution in [0.5, 0.6) is 0 Å². The zero-order valence-electron chi connectivity index (χ0n) is 10.8. The van der Waals surface area contributed by atoms with Gasteiger partial charge in [-0.05, 0) is 31.9 Å². The highest BCUT2D eigenvalue weighted by Crippen LogP contribution is 2.19. The number of para-hydroxylation sites is 1. The Balaban J connectivity index is 2.45. The van der Waals surface area contributed by atoms with Crippen LogP contribution in [0.15, 0.2) is 18.2 Å². The molecule has 0 heterocycles. The van der Waals surface area contributed by atoms with Crippen molar-refractivity contribution in [2.24, 2.45) is 0 Å². The van der Waals surface area contributed by atoms with Crippen LogP contribution in [0.2, 0.25) is 0 Å². The summed E-state index contributed by atoms with van der Waals surface area (Å²) in [5.41, 5.74) is 2.51. The normalized spacial score (nSPS) is 9.61. The van der Waals surface area contributed by atoms with Gasteiger partial charge in [-0.15, -0.1) is 0 Å². The lowest BCUT2D eigenvalue weighted by Crippen LogP contribution is -2.09. The Kier molecular flexibility index (Phi) is 5.72. The molecule has 0 fully saturated rings. The number of carbonyl (C=O) groups excluding carboxylic acids is 1. The van der Waals surface area contributed by atoms with Gasteiger partial charge < -0.3 is 10.1 Å². The van der Waals surface area contributed by atoms with E-state index in [2.05, 4.69) is 11.4 Å². The first-order valence-electron chi connectivity index (χ1n) is 6.08. The van der Waals surface area contributed by atoms with Crippen molar-refractivity contribution in [3.05, 3.63) is 29.3 Å². The van der Waals surface area contributed by atoms with Crippen molar-refractivity contribution in [2.45, 2.75) is 26.7 Å². The molecule has 0 unspecified atom stereocenters. The van der Waals surface area contributed by atoms with Crippen LogP contribution in [0.1, 0.15) is 30.9 Å². The molecule has 1 aromatic rings. The van der Waals surface area contributed by atoms with E-state index in [0.717, 1.165) is 11.3 Å². The molecule has 1 rings (SSSR count). The molecule has 0 spiro atoms. The first kappa shape index (κ1) is 14.0. The Labute approximate surface area is 108 Å². The lowest BCUT2D eigenvalue weighted by Gasteiger charge is -2.10. The molecule has 0 aromatic heterocycles. The number of nitriles is 1. The molecule has 18 heavy (non-hydrogen) atoms. The van der Waals surface area contributed by atoms with Crippen LogP contribution in [0.4, 0.5) is 5.69 Å². The summed E-state index contributed by atoms with van der Waals surface area (Å²) in [7, 11) is 0. The Morgan fingerprint density at radius 2 is 2.28 bits per heavy atom. The van der Waals surface area contributed by atoms with Gasteiger partial charge in [0, 0.05) is 13.0 Å². The van der Waals surface area contributed by atoms with Gasteiger partial charge in [-0.1, -0.05) is 12.1 Å². The number of nitrogens with zero attached hydrogens (tertiary/aromatic N) is 1. The second-order valence-electron chi connectivity index (χ2n) is 3.94. The minimum Gasteiger partial charge on any atom is -0.466 e. The molecule has 0 aliphatic carbocycles. The molecular weight excluding hydrogens is 228 g/mol. The van der Waals surface area contributed by atoms with E-state index >= 15 is 0 Å². The number of carbonyl (C=O) groups is 1. The summed E-state index contributed by atoms with van der Waals surface area (Å²) in [5, 5.41) is 12.2. The fraction of sp³-hybridized carbons (Fsp3) is 0.429. The van der Waals surface area contributed by atoms with Crippen molar-refractivity contribution in [3.63, 3.8) is 0 Å². The highest BCUT2D eigenvalue weighted by molar-refractivity contribution is 5.69.